The lowest BCUT2D eigenvalue weighted by molar-refractivity contribution is 0.112. The van der Waals surface area contributed by atoms with E-state index in [0.717, 1.165) is 28.4 Å². The summed E-state index contributed by atoms with van der Waals surface area (Å²) in [6, 6.07) is 7.65. The van der Waals surface area contributed by atoms with Gasteiger partial charge in [0.05, 0.1) is 11.9 Å². The van der Waals surface area contributed by atoms with Crippen molar-refractivity contribution < 1.29 is 9.21 Å². The normalized spacial score (nSPS) is 11.1. The van der Waals surface area contributed by atoms with Gasteiger partial charge in [-0.25, -0.2) is 9.97 Å². The Morgan fingerprint density at radius 1 is 1.29 bits per heavy atom. The molecule has 0 spiro atoms. The van der Waals surface area contributed by atoms with Crippen LogP contribution in [0.25, 0.3) is 11.0 Å². The van der Waals surface area contributed by atoms with E-state index in [1.54, 1.807) is 12.4 Å². The number of pyridine rings is 1. The van der Waals surface area contributed by atoms with Crippen LogP contribution in [0.1, 0.15) is 34.5 Å². The number of carbonyl (C=O) groups excluding carboxylic acids is 1. The Morgan fingerprint density at radius 2 is 2.18 bits per heavy atom. The molecule has 0 bridgehead atoms. The Bertz CT molecular complexity index is 1120. The van der Waals surface area contributed by atoms with Crippen molar-refractivity contribution in [2.75, 3.05) is 5.32 Å². The topological polar surface area (TPSA) is 96.7 Å². The van der Waals surface area contributed by atoms with Gasteiger partial charge in [0.25, 0.3) is 0 Å². The van der Waals surface area contributed by atoms with Crippen LogP contribution in [0.4, 0.5) is 5.82 Å². The van der Waals surface area contributed by atoms with E-state index in [-0.39, 0.29) is 0 Å². The van der Waals surface area contributed by atoms with Crippen molar-refractivity contribution >= 4 is 34.9 Å². The van der Waals surface area contributed by atoms with Crippen LogP contribution in [-0.4, -0.2) is 26.2 Å². The van der Waals surface area contributed by atoms with Crippen LogP contribution < -0.4 is 5.32 Å². The quantitative estimate of drug-likeness (QED) is 0.355. The highest BCUT2D eigenvalue weighted by Gasteiger charge is 2.18. The molecule has 0 saturated carbocycles. The third-order valence-electron chi connectivity index (χ3n) is 4.29. The van der Waals surface area contributed by atoms with Crippen molar-refractivity contribution in [3.63, 3.8) is 0 Å². The van der Waals surface area contributed by atoms with Crippen LogP contribution in [0.2, 0.25) is 0 Å². The predicted molar refractivity (Wildman–Crippen MR) is 108 cm³/mol. The number of nitrogens with zero attached hydrogens (tertiary/aromatic N) is 3. The first-order chi connectivity index (χ1) is 13.7. The Labute approximate surface area is 166 Å². The first-order valence-electron chi connectivity index (χ1n) is 8.92. The Morgan fingerprint density at radius 3 is 2.86 bits per heavy atom. The van der Waals surface area contributed by atoms with Gasteiger partial charge in [0.1, 0.15) is 23.0 Å². The molecule has 4 heterocycles. The van der Waals surface area contributed by atoms with Crippen molar-refractivity contribution in [3.05, 3.63) is 59.4 Å². The van der Waals surface area contributed by atoms with Crippen molar-refractivity contribution in [1.82, 2.24) is 19.9 Å². The Kier molecular flexibility index (Phi) is 5.12. The van der Waals surface area contributed by atoms with Crippen molar-refractivity contribution in [1.29, 1.82) is 0 Å². The van der Waals surface area contributed by atoms with E-state index in [1.807, 2.05) is 38.1 Å². The standard InChI is InChI=1S/C20H19N5O2S/c1-3-16-15(11-26)17-18(22-9-13-7-6-12(2)27-13)24-20(25-19(17)23-16)28-14-5-4-8-21-10-14/h4-8,10-11H,3,9H2,1-2H3,(H2,22,23,24,25). The molecule has 0 unspecified atom stereocenters. The molecule has 0 radical (unpaired) electrons. The van der Waals surface area contributed by atoms with E-state index in [4.69, 9.17) is 4.42 Å². The summed E-state index contributed by atoms with van der Waals surface area (Å²) in [4.78, 5) is 29.3. The average molecular weight is 393 g/mol. The number of hydrogen-bond acceptors (Lipinski definition) is 7. The first-order valence-corrected chi connectivity index (χ1v) is 9.74. The summed E-state index contributed by atoms with van der Waals surface area (Å²) >= 11 is 1.42. The average Bonchev–Trinajstić information content (AvgIpc) is 3.29. The summed E-state index contributed by atoms with van der Waals surface area (Å²) in [5, 5.41) is 4.57. The Hall–Kier alpha value is -3.13. The number of rotatable bonds is 7. The summed E-state index contributed by atoms with van der Waals surface area (Å²) in [7, 11) is 0. The molecule has 28 heavy (non-hydrogen) atoms. The van der Waals surface area contributed by atoms with Gasteiger partial charge < -0.3 is 14.7 Å². The number of furan rings is 1. The first kappa shape index (κ1) is 18.2. The zero-order valence-corrected chi connectivity index (χ0v) is 16.3. The van der Waals surface area contributed by atoms with Gasteiger partial charge in [-0.15, -0.1) is 0 Å². The minimum atomic E-state index is 0.460. The largest absolute Gasteiger partial charge is 0.465 e. The minimum absolute atomic E-state index is 0.460. The molecule has 0 atom stereocenters. The number of fused-ring (bicyclic) bond motifs is 1. The summed E-state index contributed by atoms with van der Waals surface area (Å²) in [6.45, 7) is 4.36. The van der Waals surface area contributed by atoms with E-state index in [1.165, 1.54) is 11.8 Å². The fraction of sp³-hybridized carbons (Fsp3) is 0.200. The summed E-state index contributed by atoms with van der Waals surface area (Å²) < 4.78 is 5.63. The molecular weight excluding hydrogens is 374 g/mol. The van der Waals surface area contributed by atoms with Crippen LogP contribution in [0.15, 0.2) is 51.1 Å². The van der Waals surface area contributed by atoms with E-state index < -0.39 is 0 Å². The van der Waals surface area contributed by atoms with E-state index >= 15 is 0 Å². The SMILES string of the molecule is CCc1[nH]c2nc(Sc3cccnc3)nc(NCc3ccc(C)o3)c2c1C=O. The number of aromatic amines is 1. The van der Waals surface area contributed by atoms with Gasteiger partial charge in [0.15, 0.2) is 11.4 Å². The Balaban J connectivity index is 1.76. The second-order valence-electron chi connectivity index (χ2n) is 6.22. The third-order valence-corrected chi connectivity index (χ3v) is 5.14. The zero-order valence-electron chi connectivity index (χ0n) is 15.5. The number of anilines is 1. The molecule has 0 amide bonds. The summed E-state index contributed by atoms with van der Waals surface area (Å²) in [5.74, 6) is 2.24. The van der Waals surface area contributed by atoms with Crippen LogP contribution in [0.3, 0.4) is 0 Å². The number of hydrogen-bond donors (Lipinski definition) is 2. The molecule has 0 saturated heterocycles. The van der Waals surface area contributed by atoms with Gasteiger partial charge >= 0.3 is 0 Å². The van der Waals surface area contributed by atoms with Crippen LogP contribution in [0, 0.1) is 6.92 Å². The highest BCUT2D eigenvalue weighted by molar-refractivity contribution is 7.99. The fourth-order valence-corrected chi connectivity index (χ4v) is 3.74. The maximum Gasteiger partial charge on any atom is 0.196 e. The summed E-state index contributed by atoms with van der Waals surface area (Å²) in [5.41, 5.74) is 2.08. The van der Waals surface area contributed by atoms with Crippen LogP contribution >= 0.6 is 11.8 Å². The smallest absolute Gasteiger partial charge is 0.196 e. The van der Waals surface area contributed by atoms with E-state index in [0.29, 0.717) is 40.5 Å². The molecule has 0 fully saturated rings. The number of carbonyl (C=O) groups is 1. The van der Waals surface area contributed by atoms with Gasteiger partial charge in [0, 0.05) is 28.5 Å². The predicted octanol–water partition coefficient (Wildman–Crippen LogP) is 4.39. The molecule has 0 aromatic carbocycles. The van der Waals surface area contributed by atoms with Crippen LogP contribution in [-0.2, 0) is 13.0 Å². The minimum Gasteiger partial charge on any atom is -0.465 e. The maximum atomic E-state index is 11.7. The molecule has 7 nitrogen and oxygen atoms in total. The van der Waals surface area contributed by atoms with E-state index in [2.05, 4.69) is 25.3 Å². The molecule has 8 heteroatoms. The highest BCUT2D eigenvalue weighted by atomic mass is 32.2. The van der Waals surface area contributed by atoms with Crippen molar-refractivity contribution in [2.24, 2.45) is 0 Å². The van der Waals surface area contributed by atoms with Gasteiger partial charge in [-0.2, -0.15) is 0 Å². The molecule has 2 N–H and O–H groups in total. The number of nitrogens with one attached hydrogen (secondary N) is 2. The van der Waals surface area contributed by atoms with Gasteiger partial charge in [-0.3, -0.25) is 9.78 Å². The molecule has 0 aliphatic rings. The number of H-pyrrole nitrogens is 1. The lowest BCUT2D eigenvalue weighted by Crippen LogP contribution is -2.03. The van der Waals surface area contributed by atoms with Gasteiger partial charge in [0.2, 0.25) is 0 Å². The van der Waals surface area contributed by atoms with Crippen molar-refractivity contribution in [2.45, 2.75) is 36.9 Å². The van der Waals surface area contributed by atoms with E-state index in [9.17, 15) is 4.79 Å². The lowest BCUT2D eigenvalue weighted by atomic mass is 10.1. The molecule has 4 rings (SSSR count). The number of aldehydes is 1. The summed E-state index contributed by atoms with van der Waals surface area (Å²) in [6.07, 6.45) is 5.05. The third kappa shape index (κ3) is 3.63. The maximum absolute atomic E-state index is 11.7. The number of aromatic nitrogens is 4. The van der Waals surface area contributed by atoms with Gasteiger partial charge in [-0.05, 0) is 49.4 Å². The molecule has 0 aliphatic carbocycles. The monoisotopic (exact) mass is 393 g/mol. The molecule has 4 aromatic rings. The molecule has 0 aliphatic heterocycles. The second-order valence-corrected chi connectivity index (χ2v) is 7.26. The second kappa shape index (κ2) is 7.85. The zero-order chi connectivity index (χ0) is 19.5. The highest BCUT2D eigenvalue weighted by Crippen LogP contribution is 2.31. The fourth-order valence-electron chi connectivity index (χ4n) is 2.99. The molecule has 4 aromatic heterocycles. The number of aryl methyl sites for hydroxylation is 2. The molecule has 142 valence electrons. The van der Waals surface area contributed by atoms with Crippen LogP contribution in [0.5, 0.6) is 0 Å². The van der Waals surface area contributed by atoms with Crippen molar-refractivity contribution in [3.8, 4) is 0 Å². The van der Waals surface area contributed by atoms with Gasteiger partial charge in [-0.1, -0.05) is 6.92 Å². The lowest BCUT2D eigenvalue weighted by Gasteiger charge is -2.08. The molecular formula is C20H19N5O2S.